The molecule has 1 aromatic carbocycles. The number of fused-ring (bicyclic) bond motifs is 1. The molecule has 116 valence electrons. The number of amidine groups is 1. The molecule has 2 aliphatic heterocycles. The molecule has 2 aliphatic rings. The van der Waals surface area contributed by atoms with Gasteiger partial charge in [-0.05, 0) is 50.5 Å². The number of hydrogen-bond donors (Lipinski definition) is 2. The highest BCUT2D eigenvalue weighted by Gasteiger charge is 2.19. The standard InChI is InChI=1S/C16H20N4OS/c1-16(2,3)18-15-20-19-13(9-22-15)11-4-6-12-10(8-11)5-7-14(21)17-12/h4,6,8H,5,7,9H2,1-3H3,(H,17,21)(H,18,20). The molecule has 1 amide bonds. The highest BCUT2D eigenvalue weighted by Crippen LogP contribution is 2.25. The number of benzene rings is 1. The first-order chi connectivity index (χ1) is 10.4. The molecule has 0 unspecified atom stereocenters. The number of hydrogen-bond acceptors (Lipinski definition) is 4. The molecule has 0 aliphatic carbocycles. The second-order valence-electron chi connectivity index (χ2n) is 6.47. The molecule has 6 heteroatoms. The first-order valence-corrected chi connectivity index (χ1v) is 8.38. The van der Waals surface area contributed by atoms with Crippen LogP contribution >= 0.6 is 11.8 Å². The fourth-order valence-corrected chi connectivity index (χ4v) is 3.34. The normalized spacial score (nSPS) is 20.0. The van der Waals surface area contributed by atoms with Gasteiger partial charge < -0.3 is 5.32 Å². The molecule has 3 rings (SSSR count). The van der Waals surface area contributed by atoms with Gasteiger partial charge in [0.15, 0.2) is 5.17 Å². The number of anilines is 1. The van der Waals surface area contributed by atoms with Crippen LogP contribution in [-0.2, 0) is 11.2 Å². The second-order valence-corrected chi connectivity index (χ2v) is 7.43. The van der Waals surface area contributed by atoms with E-state index in [0.717, 1.165) is 34.3 Å². The zero-order valence-corrected chi connectivity index (χ0v) is 13.9. The Bertz CT molecular complexity index is 673. The molecule has 22 heavy (non-hydrogen) atoms. The van der Waals surface area contributed by atoms with Crippen LogP contribution in [0.2, 0.25) is 0 Å². The quantitative estimate of drug-likeness (QED) is 0.837. The van der Waals surface area contributed by atoms with Crippen LogP contribution in [0.25, 0.3) is 0 Å². The monoisotopic (exact) mass is 316 g/mol. The molecule has 2 heterocycles. The van der Waals surface area contributed by atoms with Gasteiger partial charge in [-0.25, -0.2) is 0 Å². The molecule has 0 saturated heterocycles. The van der Waals surface area contributed by atoms with E-state index in [1.807, 2.05) is 12.1 Å². The van der Waals surface area contributed by atoms with E-state index in [2.05, 4.69) is 47.7 Å². The number of carbonyl (C=O) groups excluding carboxylic acids is 1. The van der Waals surface area contributed by atoms with Gasteiger partial charge in [0.2, 0.25) is 5.91 Å². The number of thioether (sulfide) groups is 1. The zero-order valence-electron chi connectivity index (χ0n) is 13.1. The van der Waals surface area contributed by atoms with Gasteiger partial charge in [0.1, 0.15) is 0 Å². The van der Waals surface area contributed by atoms with Crippen LogP contribution < -0.4 is 10.7 Å². The molecule has 0 spiro atoms. The predicted octanol–water partition coefficient (Wildman–Crippen LogP) is 2.77. The van der Waals surface area contributed by atoms with Crippen molar-refractivity contribution in [3.8, 4) is 0 Å². The van der Waals surface area contributed by atoms with E-state index in [4.69, 9.17) is 0 Å². The Morgan fingerprint density at radius 1 is 1.27 bits per heavy atom. The number of rotatable bonds is 1. The molecular formula is C16H20N4OS. The molecule has 0 atom stereocenters. The fraction of sp³-hybridized carbons (Fsp3) is 0.438. The molecule has 0 aromatic heterocycles. The van der Waals surface area contributed by atoms with Crippen molar-refractivity contribution < 1.29 is 4.79 Å². The average Bonchev–Trinajstić information content (AvgIpc) is 2.46. The highest BCUT2D eigenvalue weighted by atomic mass is 32.2. The van der Waals surface area contributed by atoms with Crippen molar-refractivity contribution in [1.82, 2.24) is 5.43 Å². The largest absolute Gasteiger partial charge is 0.326 e. The number of nitrogens with zero attached hydrogens (tertiary/aromatic N) is 2. The summed E-state index contributed by atoms with van der Waals surface area (Å²) in [5.74, 6) is 0.892. The van der Waals surface area contributed by atoms with Crippen molar-refractivity contribution in [2.45, 2.75) is 39.2 Å². The zero-order chi connectivity index (χ0) is 15.7. The lowest BCUT2D eigenvalue weighted by Gasteiger charge is -2.21. The summed E-state index contributed by atoms with van der Waals surface area (Å²) in [7, 11) is 0. The summed E-state index contributed by atoms with van der Waals surface area (Å²) in [6.07, 6.45) is 1.35. The summed E-state index contributed by atoms with van der Waals surface area (Å²) in [5.41, 5.74) is 7.15. The topological polar surface area (TPSA) is 65.8 Å². The van der Waals surface area contributed by atoms with Crippen LogP contribution in [0, 0.1) is 0 Å². The minimum absolute atomic E-state index is 0.0931. The number of carbonyl (C=O) groups is 1. The van der Waals surface area contributed by atoms with Gasteiger partial charge >= 0.3 is 0 Å². The maximum absolute atomic E-state index is 11.4. The summed E-state index contributed by atoms with van der Waals surface area (Å²) in [4.78, 5) is 16.0. The van der Waals surface area contributed by atoms with Gasteiger partial charge in [-0.1, -0.05) is 17.8 Å². The first kappa shape index (κ1) is 15.1. The van der Waals surface area contributed by atoms with E-state index in [1.54, 1.807) is 11.8 Å². The molecule has 1 aromatic rings. The van der Waals surface area contributed by atoms with Crippen LogP contribution in [0.5, 0.6) is 0 Å². The van der Waals surface area contributed by atoms with Gasteiger partial charge in [0.05, 0.1) is 11.3 Å². The van der Waals surface area contributed by atoms with E-state index < -0.39 is 0 Å². The molecule has 0 fully saturated rings. The summed E-state index contributed by atoms with van der Waals surface area (Å²) in [6.45, 7) is 6.21. The van der Waals surface area contributed by atoms with Crippen molar-refractivity contribution in [3.05, 3.63) is 29.3 Å². The van der Waals surface area contributed by atoms with Crippen LogP contribution in [0.3, 0.4) is 0 Å². The Morgan fingerprint density at radius 3 is 2.77 bits per heavy atom. The summed E-state index contributed by atoms with van der Waals surface area (Å²) < 4.78 is 0. The lowest BCUT2D eigenvalue weighted by molar-refractivity contribution is -0.116. The van der Waals surface area contributed by atoms with Gasteiger partial charge in [0, 0.05) is 17.9 Å². The van der Waals surface area contributed by atoms with Crippen molar-refractivity contribution >= 4 is 34.2 Å². The van der Waals surface area contributed by atoms with E-state index in [0.29, 0.717) is 6.42 Å². The third-order valence-corrected chi connectivity index (χ3v) is 4.28. The highest BCUT2D eigenvalue weighted by molar-refractivity contribution is 8.14. The molecule has 0 radical (unpaired) electrons. The Labute approximate surface area is 134 Å². The Morgan fingerprint density at radius 2 is 2.09 bits per heavy atom. The van der Waals surface area contributed by atoms with Crippen LogP contribution in [0.1, 0.15) is 38.3 Å². The van der Waals surface area contributed by atoms with Gasteiger partial charge in [-0.15, -0.1) is 0 Å². The van der Waals surface area contributed by atoms with Crippen LogP contribution in [0.15, 0.2) is 28.3 Å². The van der Waals surface area contributed by atoms with Crippen molar-refractivity contribution in [3.63, 3.8) is 0 Å². The van der Waals surface area contributed by atoms with Crippen molar-refractivity contribution in [2.75, 3.05) is 11.1 Å². The van der Waals surface area contributed by atoms with Crippen LogP contribution in [-0.4, -0.2) is 28.1 Å². The molecule has 0 saturated carbocycles. The van der Waals surface area contributed by atoms with E-state index >= 15 is 0 Å². The predicted molar refractivity (Wildman–Crippen MR) is 92.7 cm³/mol. The number of amides is 1. The summed E-state index contributed by atoms with van der Waals surface area (Å²) >= 11 is 1.67. The number of nitrogens with one attached hydrogen (secondary N) is 2. The molecule has 2 N–H and O–H groups in total. The maximum atomic E-state index is 11.4. The third-order valence-electron chi connectivity index (χ3n) is 3.40. The maximum Gasteiger partial charge on any atom is 0.224 e. The summed E-state index contributed by atoms with van der Waals surface area (Å²) in [6, 6.07) is 6.10. The van der Waals surface area contributed by atoms with E-state index in [1.165, 1.54) is 5.56 Å². The Kier molecular flexibility index (Phi) is 3.95. The Balaban J connectivity index is 1.79. The van der Waals surface area contributed by atoms with Crippen molar-refractivity contribution in [2.24, 2.45) is 10.1 Å². The molecule has 5 nitrogen and oxygen atoms in total. The summed E-state index contributed by atoms with van der Waals surface area (Å²) in [5, 5.41) is 8.22. The number of aryl methyl sites for hydroxylation is 1. The van der Waals surface area contributed by atoms with Gasteiger partial charge in [-0.3, -0.25) is 15.2 Å². The minimum atomic E-state index is -0.105. The Hall–Kier alpha value is -1.82. The van der Waals surface area contributed by atoms with E-state index in [-0.39, 0.29) is 11.4 Å². The number of aliphatic imine (C=N–C) groups is 1. The SMILES string of the molecule is CC(C)(C)N=C1NN=C(c2ccc3c(c2)CCC(=O)N3)CS1. The molecular weight excluding hydrogens is 296 g/mol. The number of hydrazone groups is 1. The fourth-order valence-electron chi connectivity index (χ4n) is 2.39. The van der Waals surface area contributed by atoms with Gasteiger partial charge in [-0.2, -0.15) is 5.10 Å². The first-order valence-electron chi connectivity index (χ1n) is 7.39. The average molecular weight is 316 g/mol. The van der Waals surface area contributed by atoms with Crippen molar-refractivity contribution in [1.29, 1.82) is 0 Å². The van der Waals surface area contributed by atoms with Gasteiger partial charge in [0.25, 0.3) is 0 Å². The molecule has 0 bridgehead atoms. The lowest BCUT2D eigenvalue weighted by atomic mass is 9.99. The smallest absolute Gasteiger partial charge is 0.224 e. The van der Waals surface area contributed by atoms with E-state index in [9.17, 15) is 4.79 Å². The second kappa shape index (κ2) is 5.76. The van der Waals surface area contributed by atoms with Crippen LogP contribution in [0.4, 0.5) is 5.69 Å². The minimum Gasteiger partial charge on any atom is -0.326 e. The third kappa shape index (κ3) is 3.50. The lowest BCUT2D eigenvalue weighted by Crippen LogP contribution is -2.28.